The minimum Gasteiger partial charge on any atom is -0.493 e. The second-order valence-electron chi connectivity index (χ2n) is 7.36. The van der Waals surface area contributed by atoms with Gasteiger partial charge in [-0.05, 0) is 38.0 Å². The molecular weight excluding hydrogens is 418 g/mol. The number of H-pyrrole nitrogens is 1. The van der Waals surface area contributed by atoms with Crippen LogP contribution in [0.5, 0.6) is 11.5 Å². The van der Waals surface area contributed by atoms with Crippen LogP contribution in [0.1, 0.15) is 30.5 Å². The SMILES string of the molecule is C=CCc1cc(C=NNc2nc(-c3ccccc3)c(C#N)c(=O)[nH]2)cc(OC)c1OC(C)C. The number of hydrazone groups is 1. The molecule has 33 heavy (non-hydrogen) atoms. The summed E-state index contributed by atoms with van der Waals surface area (Å²) in [5.41, 5.74) is 4.74. The Hall–Kier alpha value is -4.38. The van der Waals surface area contributed by atoms with Gasteiger partial charge in [-0.1, -0.05) is 36.4 Å². The van der Waals surface area contributed by atoms with E-state index in [2.05, 4.69) is 27.1 Å². The van der Waals surface area contributed by atoms with Crippen molar-refractivity contribution in [1.82, 2.24) is 9.97 Å². The maximum atomic E-state index is 12.4. The topological polar surface area (TPSA) is 112 Å². The van der Waals surface area contributed by atoms with Gasteiger partial charge in [0.15, 0.2) is 11.5 Å². The molecule has 0 amide bonds. The van der Waals surface area contributed by atoms with E-state index in [4.69, 9.17) is 9.47 Å². The number of anilines is 1. The molecule has 0 bridgehead atoms. The number of methoxy groups -OCH3 is 1. The molecule has 168 valence electrons. The number of nitrogens with one attached hydrogen (secondary N) is 2. The molecule has 3 aromatic rings. The third-order valence-corrected chi connectivity index (χ3v) is 4.55. The Balaban J connectivity index is 1.92. The molecule has 0 spiro atoms. The number of nitrogens with zero attached hydrogens (tertiary/aromatic N) is 3. The van der Waals surface area contributed by atoms with Gasteiger partial charge in [0.25, 0.3) is 5.56 Å². The highest BCUT2D eigenvalue weighted by Crippen LogP contribution is 2.34. The summed E-state index contributed by atoms with van der Waals surface area (Å²) in [5, 5.41) is 13.6. The molecule has 8 nitrogen and oxygen atoms in total. The summed E-state index contributed by atoms with van der Waals surface area (Å²) in [6.45, 7) is 7.71. The van der Waals surface area contributed by atoms with Crippen LogP contribution in [0.15, 0.2) is 65.0 Å². The summed E-state index contributed by atoms with van der Waals surface area (Å²) in [6.07, 6.45) is 3.95. The number of nitriles is 1. The van der Waals surface area contributed by atoms with E-state index in [-0.39, 0.29) is 23.3 Å². The van der Waals surface area contributed by atoms with Gasteiger partial charge >= 0.3 is 0 Å². The fraction of sp³-hybridized carbons (Fsp3) is 0.200. The highest BCUT2D eigenvalue weighted by atomic mass is 16.5. The van der Waals surface area contributed by atoms with Gasteiger partial charge in [0.1, 0.15) is 11.6 Å². The lowest BCUT2D eigenvalue weighted by Gasteiger charge is -2.17. The van der Waals surface area contributed by atoms with Gasteiger partial charge in [0.2, 0.25) is 5.95 Å². The van der Waals surface area contributed by atoms with E-state index in [1.165, 1.54) is 0 Å². The first kappa shape index (κ1) is 23.3. The van der Waals surface area contributed by atoms with Crippen LogP contribution >= 0.6 is 0 Å². The van der Waals surface area contributed by atoms with Crippen molar-refractivity contribution in [3.05, 3.63) is 82.2 Å². The second kappa shape index (κ2) is 10.8. The zero-order valence-electron chi connectivity index (χ0n) is 18.8. The first-order valence-electron chi connectivity index (χ1n) is 10.3. The highest BCUT2D eigenvalue weighted by molar-refractivity contribution is 5.82. The van der Waals surface area contributed by atoms with E-state index < -0.39 is 5.56 Å². The van der Waals surface area contributed by atoms with Gasteiger partial charge in [-0.2, -0.15) is 10.4 Å². The molecule has 0 fully saturated rings. The summed E-state index contributed by atoms with van der Waals surface area (Å²) < 4.78 is 11.4. The predicted molar refractivity (Wildman–Crippen MR) is 129 cm³/mol. The number of hydrogen-bond donors (Lipinski definition) is 2. The highest BCUT2D eigenvalue weighted by Gasteiger charge is 2.14. The van der Waals surface area contributed by atoms with Crippen LogP contribution < -0.4 is 20.5 Å². The van der Waals surface area contributed by atoms with E-state index in [9.17, 15) is 10.1 Å². The zero-order chi connectivity index (χ0) is 23.8. The maximum absolute atomic E-state index is 12.4. The Morgan fingerprint density at radius 3 is 2.70 bits per heavy atom. The zero-order valence-corrected chi connectivity index (χ0v) is 18.8. The van der Waals surface area contributed by atoms with Crippen LogP contribution in [0.2, 0.25) is 0 Å². The first-order chi connectivity index (χ1) is 16.0. The summed E-state index contributed by atoms with van der Waals surface area (Å²) in [6, 6.07) is 14.7. The van der Waals surface area contributed by atoms with Crippen molar-refractivity contribution in [3.8, 4) is 28.8 Å². The Morgan fingerprint density at radius 2 is 2.06 bits per heavy atom. The lowest BCUT2D eigenvalue weighted by molar-refractivity contribution is 0.228. The van der Waals surface area contributed by atoms with Crippen molar-refractivity contribution in [1.29, 1.82) is 5.26 Å². The number of aromatic nitrogens is 2. The molecule has 1 heterocycles. The van der Waals surface area contributed by atoms with Crippen molar-refractivity contribution >= 4 is 12.2 Å². The Kier molecular flexibility index (Phi) is 7.60. The molecule has 0 saturated carbocycles. The molecule has 0 aliphatic heterocycles. The summed E-state index contributed by atoms with van der Waals surface area (Å²) >= 11 is 0. The first-order valence-corrected chi connectivity index (χ1v) is 10.3. The van der Waals surface area contributed by atoms with Crippen molar-refractivity contribution in [3.63, 3.8) is 0 Å². The van der Waals surface area contributed by atoms with Gasteiger partial charge in [0, 0.05) is 11.1 Å². The van der Waals surface area contributed by atoms with Crippen molar-refractivity contribution in [2.45, 2.75) is 26.4 Å². The van der Waals surface area contributed by atoms with Crippen molar-refractivity contribution in [2.75, 3.05) is 12.5 Å². The van der Waals surface area contributed by atoms with Crippen LogP contribution in [0, 0.1) is 11.3 Å². The molecule has 8 heteroatoms. The maximum Gasteiger partial charge on any atom is 0.270 e. The normalized spacial score (nSPS) is 10.8. The minimum absolute atomic E-state index is 0.0123. The van der Waals surface area contributed by atoms with Crippen LogP contribution in [-0.4, -0.2) is 29.4 Å². The van der Waals surface area contributed by atoms with E-state index in [0.717, 1.165) is 11.1 Å². The number of aromatic amines is 1. The third kappa shape index (κ3) is 5.66. The molecule has 0 atom stereocenters. The number of benzene rings is 2. The fourth-order valence-corrected chi connectivity index (χ4v) is 3.19. The van der Waals surface area contributed by atoms with Crippen molar-refractivity contribution in [2.24, 2.45) is 5.10 Å². The van der Waals surface area contributed by atoms with Crippen LogP contribution in [0.25, 0.3) is 11.3 Å². The standard InChI is InChI=1S/C25H25N5O3/c1-5-9-19-12-17(13-21(32-4)23(19)33-16(2)3)15-27-30-25-28-22(18-10-7-6-8-11-18)20(14-26)24(31)29-25/h5-8,10-13,15-16H,1,9H2,2-4H3,(H2,28,29,30,31). The average Bonchev–Trinajstić information content (AvgIpc) is 2.80. The monoisotopic (exact) mass is 443 g/mol. The Labute approximate surface area is 192 Å². The van der Waals surface area contributed by atoms with Gasteiger partial charge in [0.05, 0.1) is 25.1 Å². The van der Waals surface area contributed by atoms with Crippen molar-refractivity contribution < 1.29 is 9.47 Å². The van der Waals surface area contributed by atoms with Crippen LogP contribution in [0.4, 0.5) is 5.95 Å². The molecule has 3 rings (SSSR count). The summed E-state index contributed by atoms with van der Waals surface area (Å²) in [5.74, 6) is 1.37. The van der Waals surface area contributed by atoms with Gasteiger partial charge in [-0.3, -0.25) is 9.78 Å². The number of allylic oxidation sites excluding steroid dienone is 1. The summed E-state index contributed by atoms with van der Waals surface area (Å²) in [4.78, 5) is 19.3. The van der Waals surface area contributed by atoms with Gasteiger partial charge in [-0.25, -0.2) is 10.4 Å². The molecule has 1 aromatic heterocycles. The Morgan fingerprint density at radius 1 is 1.30 bits per heavy atom. The molecule has 2 N–H and O–H groups in total. The average molecular weight is 444 g/mol. The number of hydrogen-bond acceptors (Lipinski definition) is 7. The van der Waals surface area contributed by atoms with Gasteiger partial charge < -0.3 is 9.47 Å². The molecule has 0 unspecified atom stereocenters. The molecule has 0 aliphatic carbocycles. The molecule has 0 radical (unpaired) electrons. The summed E-state index contributed by atoms with van der Waals surface area (Å²) in [7, 11) is 1.58. The minimum atomic E-state index is -0.547. The lowest BCUT2D eigenvalue weighted by atomic mass is 10.1. The number of rotatable bonds is 9. The lowest BCUT2D eigenvalue weighted by Crippen LogP contribution is -2.16. The van der Waals surface area contributed by atoms with Crippen LogP contribution in [0.3, 0.4) is 0 Å². The molecule has 0 saturated heterocycles. The Bertz CT molecular complexity index is 1260. The van der Waals surface area contributed by atoms with E-state index in [0.29, 0.717) is 23.5 Å². The smallest absolute Gasteiger partial charge is 0.270 e. The largest absolute Gasteiger partial charge is 0.493 e. The second-order valence-corrected chi connectivity index (χ2v) is 7.36. The fourth-order valence-electron chi connectivity index (χ4n) is 3.19. The van der Waals surface area contributed by atoms with E-state index in [1.54, 1.807) is 37.6 Å². The van der Waals surface area contributed by atoms with E-state index >= 15 is 0 Å². The molecule has 0 aliphatic rings. The molecule has 2 aromatic carbocycles. The van der Waals surface area contributed by atoms with Crippen LogP contribution in [-0.2, 0) is 6.42 Å². The molecular formula is C25H25N5O3. The predicted octanol–water partition coefficient (Wildman–Crippen LogP) is 4.28. The third-order valence-electron chi connectivity index (χ3n) is 4.55. The number of ether oxygens (including phenoxy) is 2. The van der Waals surface area contributed by atoms with E-state index in [1.807, 2.05) is 44.2 Å². The van der Waals surface area contributed by atoms with Gasteiger partial charge in [-0.15, -0.1) is 6.58 Å². The quantitative estimate of drug-likeness (QED) is 0.290.